The zero-order valence-electron chi connectivity index (χ0n) is 17.1. The molecule has 0 saturated carbocycles. The first kappa shape index (κ1) is 20.6. The molecule has 1 aliphatic rings. The van der Waals surface area contributed by atoms with E-state index >= 15 is 0 Å². The number of esters is 1. The Kier molecular flexibility index (Phi) is 6.65. The number of amides is 1. The second kappa shape index (κ2) is 9.37. The molecule has 0 aliphatic carbocycles. The number of carbonyl (C=O) groups excluding carboxylic acids is 2. The third kappa shape index (κ3) is 4.83. The number of benzene rings is 2. The molecule has 6 heteroatoms. The van der Waals surface area contributed by atoms with Gasteiger partial charge < -0.3 is 9.47 Å². The highest BCUT2D eigenvalue weighted by Crippen LogP contribution is 2.35. The van der Waals surface area contributed by atoms with Crippen molar-refractivity contribution in [3.05, 3.63) is 65.2 Å². The minimum atomic E-state index is -0.421. The summed E-state index contributed by atoms with van der Waals surface area (Å²) in [6, 6.07) is 15.5. The molecule has 0 bridgehead atoms. The molecular formula is C23H26N2O4. The quantitative estimate of drug-likeness (QED) is 0.668. The first-order chi connectivity index (χ1) is 14.0. The van der Waals surface area contributed by atoms with Gasteiger partial charge in [0.15, 0.2) is 6.61 Å². The van der Waals surface area contributed by atoms with Crippen LogP contribution in [0, 0.1) is 0 Å². The Hall–Kier alpha value is -3.15. The van der Waals surface area contributed by atoms with Gasteiger partial charge in [-0.2, -0.15) is 5.10 Å². The predicted octanol–water partition coefficient (Wildman–Crippen LogP) is 3.89. The number of hydrogen-bond acceptors (Lipinski definition) is 5. The van der Waals surface area contributed by atoms with Gasteiger partial charge in [-0.1, -0.05) is 43.3 Å². The number of rotatable bonds is 7. The maximum Gasteiger partial charge on any atom is 0.344 e. The molecule has 2 aromatic carbocycles. The Morgan fingerprint density at radius 1 is 1.10 bits per heavy atom. The van der Waals surface area contributed by atoms with Gasteiger partial charge in [0.1, 0.15) is 5.75 Å². The van der Waals surface area contributed by atoms with Gasteiger partial charge in [-0.3, -0.25) is 4.79 Å². The number of carbonyl (C=O) groups is 2. The van der Waals surface area contributed by atoms with E-state index in [1.807, 2.05) is 18.2 Å². The average molecular weight is 394 g/mol. The lowest BCUT2D eigenvalue weighted by molar-refractivity contribution is -0.145. The number of hydrogen-bond donors (Lipinski definition) is 0. The third-order valence-electron chi connectivity index (χ3n) is 4.85. The zero-order valence-corrected chi connectivity index (χ0v) is 17.1. The molecule has 1 amide bonds. The van der Waals surface area contributed by atoms with Crippen molar-refractivity contribution in [2.24, 2.45) is 5.10 Å². The van der Waals surface area contributed by atoms with Crippen molar-refractivity contribution < 1.29 is 19.1 Å². The minimum absolute atomic E-state index is 0.116. The van der Waals surface area contributed by atoms with Crippen molar-refractivity contribution in [2.45, 2.75) is 39.7 Å². The Balaban J connectivity index is 1.84. The monoisotopic (exact) mass is 394 g/mol. The van der Waals surface area contributed by atoms with E-state index in [1.54, 1.807) is 13.0 Å². The molecule has 1 atom stereocenters. The van der Waals surface area contributed by atoms with Gasteiger partial charge >= 0.3 is 5.97 Å². The summed E-state index contributed by atoms with van der Waals surface area (Å²) in [6.45, 7) is 5.52. The third-order valence-corrected chi connectivity index (χ3v) is 4.85. The van der Waals surface area contributed by atoms with Crippen molar-refractivity contribution in [3.63, 3.8) is 0 Å². The fourth-order valence-corrected chi connectivity index (χ4v) is 3.37. The topological polar surface area (TPSA) is 68.2 Å². The standard InChI is InChI=1S/C23H26N2O4/c1-4-17-10-12-18(13-11-17)21-14-20(24-25(21)16(3)26)19-8-6-7-9-22(19)29-15-23(27)28-5-2/h6-13,21H,4-5,14-15H2,1-3H3/t21-/m1/s1. The van der Waals surface area contributed by atoms with Gasteiger partial charge in [0.25, 0.3) is 0 Å². The van der Waals surface area contributed by atoms with Gasteiger partial charge in [0, 0.05) is 18.9 Å². The van der Waals surface area contributed by atoms with Gasteiger partial charge in [-0.25, -0.2) is 9.80 Å². The normalized spacial score (nSPS) is 15.8. The molecule has 6 nitrogen and oxygen atoms in total. The molecule has 0 spiro atoms. The molecule has 0 saturated heterocycles. The van der Waals surface area contributed by atoms with Crippen LogP contribution in [0.1, 0.15) is 49.9 Å². The lowest BCUT2D eigenvalue weighted by Crippen LogP contribution is -2.24. The van der Waals surface area contributed by atoms with Crippen LogP contribution in [0.15, 0.2) is 53.6 Å². The highest BCUT2D eigenvalue weighted by Gasteiger charge is 2.32. The number of aryl methyl sites for hydroxylation is 1. The van der Waals surface area contributed by atoms with Crippen molar-refractivity contribution in [3.8, 4) is 5.75 Å². The number of hydrazone groups is 1. The van der Waals surface area contributed by atoms with E-state index in [-0.39, 0.29) is 18.6 Å². The molecule has 3 rings (SSSR count). The molecule has 1 aliphatic heterocycles. The molecule has 0 N–H and O–H groups in total. The maximum atomic E-state index is 12.2. The first-order valence-electron chi connectivity index (χ1n) is 9.87. The summed E-state index contributed by atoms with van der Waals surface area (Å²) in [7, 11) is 0. The van der Waals surface area contributed by atoms with E-state index in [0.717, 1.165) is 23.3 Å². The summed E-state index contributed by atoms with van der Waals surface area (Å²) < 4.78 is 10.6. The second-order valence-electron chi connectivity index (χ2n) is 6.82. The van der Waals surface area contributed by atoms with Crippen LogP contribution in [-0.4, -0.2) is 35.8 Å². The molecule has 0 fully saturated rings. The van der Waals surface area contributed by atoms with Crippen molar-refractivity contribution in [1.82, 2.24) is 5.01 Å². The molecule has 29 heavy (non-hydrogen) atoms. The molecule has 1 heterocycles. The van der Waals surface area contributed by atoms with Crippen LogP contribution in [-0.2, 0) is 20.7 Å². The largest absolute Gasteiger partial charge is 0.481 e. The Morgan fingerprint density at radius 3 is 2.48 bits per heavy atom. The van der Waals surface area contributed by atoms with Gasteiger partial charge in [0.05, 0.1) is 18.4 Å². The van der Waals surface area contributed by atoms with Crippen LogP contribution >= 0.6 is 0 Å². The molecular weight excluding hydrogens is 368 g/mol. The molecule has 0 radical (unpaired) electrons. The van der Waals surface area contributed by atoms with Crippen LogP contribution in [0.5, 0.6) is 5.75 Å². The SMILES string of the molecule is CCOC(=O)COc1ccccc1C1=NN(C(C)=O)[C@@H](c2ccc(CC)cc2)C1. The lowest BCUT2D eigenvalue weighted by Gasteiger charge is -2.20. The fraction of sp³-hybridized carbons (Fsp3) is 0.348. The lowest BCUT2D eigenvalue weighted by atomic mass is 9.97. The van der Waals surface area contributed by atoms with Crippen LogP contribution in [0.4, 0.5) is 0 Å². The maximum absolute atomic E-state index is 12.2. The average Bonchev–Trinajstić information content (AvgIpc) is 3.18. The minimum Gasteiger partial charge on any atom is -0.481 e. The molecule has 152 valence electrons. The van der Waals surface area contributed by atoms with E-state index in [1.165, 1.54) is 17.5 Å². The first-order valence-corrected chi connectivity index (χ1v) is 9.87. The van der Waals surface area contributed by atoms with Crippen molar-refractivity contribution >= 4 is 17.6 Å². The number of nitrogens with zero attached hydrogens (tertiary/aromatic N) is 2. The van der Waals surface area contributed by atoms with Gasteiger partial charge in [-0.05, 0) is 36.6 Å². The van der Waals surface area contributed by atoms with E-state index in [2.05, 4.69) is 36.3 Å². The molecule has 0 aromatic heterocycles. The van der Waals surface area contributed by atoms with E-state index in [4.69, 9.17) is 9.47 Å². The second-order valence-corrected chi connectivity index (χ2v) is 6.82. The van der Waals surface area contributed by atoms with E-state index in [0.29, 0.717) is 18.8 Å². The van der Waals surface area contributed by atoms with Crippen molar-refractivity contribution in [1.29, 1.82) is 0 Å². The number of para-hydroxylation sites is 1. The molecule has 0 unspecified atom stereocenters. The summed E-state index contributed by atoms with van der Waals surface area (Å²) >= 11 is 0. The fourth-order valence-electron chi connectivity index (χ4n) is 3.37. The van der Waals surface area contributed by atoms with Crippen LogP contribution in [0.25, 0.3) is 0 Å². The van der Waals surface area contributed by atoms with Crippen LogP contribution in [0.3, 0.4) is 0 Å². The van der Waals surface area contributed by atoms with Crippen LogP contribution in [0.2, 0.25) is 0 Å². The summed E-state index contributed by atoms with van der Waals surface area (Å²) in [4.78, 5) is 23.9. The van der Waals surface area contributed by atoms with Gasteiger partial charge in [0.2, 0.25) is 5.91 Å². The Bertz CT molecular complexity index is 905. The van der Waals surface area contributed by atoms with E-state index in [9.17, 15) is 9.59 Å². The summed E-state index contributed by atoms with van der Waals surface area (Å²) in [6.07, 6.45) is 1.54. The predicted molar refractivity (Wildman–Crippen MR) is 111 cm³/mol. The number of ether oxygens (including phenoxy) is 2. The smallest absolute Gasteiger partial charge is 0.344 e. The summed E-state index contributed by atoms with van der Waals surface area (Å²) in [5.74, 6) is 0.00851. The van der Waals surface area contributed by atoms with Gasteiger partial charge in [-0.15, -0.1) is 0 Å². The summed E-state index contributed by atoms with van der Waals surface area (Å²) in [5.41, 5.74) is 3.82. The summed E-state index contributed by atoms with van der Waals surface area (Å²) in [5, 5.41) is 6.11. The zero-order chi connectivity index (χ0) is 20.8. The Labute approximate surface area is 171 Å². The molecule has 2 aromatic rings. The van der Waals surface area contributed by atoms with E-state index < -0.39 is 5.97 Å². The highest BCUT2D eigenvalue weighted by molar-refractivity contribution is 6.05. The van der Waals surface area contributed by atoms with Crippen LogP contribution < -0.4 is 4.74 Å². The Morgan fingerprint density at radius 2 is 1.83 bits per heavy atom. The highest BCUT2D eigenvalue weighted by atomic mass is 16.6. The van der Waals surface area contributed by atoms with Crippen molar-refractivity contribution in [2.75, 3.05) is 13.2 Å².